The number of para-hydroxylation sites is 1. The van der Waals surface area contributed by atoms with Crippen LogP contribution in [0.15, 0.2) is 36.4 Å². The van der Waals surface area contributed by atoms with E-state index < -0.39 is 12.1 Å². The molecule has 1 amide bonds. The van der Waals surface area contributed by atoms with Crippen LogP contribution in [-0.4, -0.2) is 46.3 Å². The summed E-state index contributed by atoms with van der Waals surface area (Å²) < 4.78 is 6.72. The summed E-state index contributed by atoms with van der Waals surface area (Å²) in [6.45, 7) is 3.55. The third-order valence-electron chi connectivity index (χ3n) is 4.01. The summed E-state index contributed by atoms with van der Waals surface area (Å²) >= 11 is 6.40. The molecule has 0 aliphatic rings. The Labute approximate surface area is 168 Å². The molecule has 0 saturated carbocycles. The number of carbonyl (C=O) groups excluding carboxylic acids is 2. The maximum absolute atomic E-state index is 12.1. The number of aromatic nitrogens is 2. The minimum Gasteiger partial charge on any atom is -0.449 e. The number of aryl methyl sites for hydroxylation is 1. The zero-order valence-corrected chi connectivity index (χ0v) is 16.7. The van der Waals surface area contributed by atoms with Gasteiger partial charge in [0.15, 0.2) is 6.10 Å². The number of ether oxygens (including phenoxy) is 1. The molecule has 28 heavy (non-hydrogen) atoms. The predicted molar refractivity (Wildman–Crippen MR) is 106 cm³/mol. The number of hydrogen-bond acceptors (Lipinski definition) is 5. The van der Waals surface area contributed by atoms with Gasteiger partial charge in [0.25, 0.3) is 5.91 Å². The lowest BCUT2D eigenvalue weighted by Crippen LogP contribution is -2.37. The lowest BCUT2D eigenvalue weighted by molar-refractivity contribution is -0.154. The standard InChI is InChI=1S/C20H21ClN4O3/c1-14-17(19(21)25(23-14)16-8-5-4-6-9-16)10-11-18(26)28-15(2)20(27)24(3)13-7-12-22/h4-6,8-11,15H,7,13H2,1-3H3/b11-10+/t15-/m1/s1. The second-order valence-corrected chi connectivity index (χ2v) is 6.48. The SMILES string of the molecule is Cc1nn(-c2ccccc2)c(Cl)c1/C=C/C(=O)O[C@H](C)C(=O)N(C)CCC#N. The van der Waals surface area contributed by atoms with Crippen LogP contribution in [0, 0.1) is 18.3 Å². The largest absolute Gasteiger partial charge is 0.449 e. The summed E-state index contributed by atoms with van der Waals surface area (Å²) in [5, 5.41) is 13.3. The first-order valence-corrected chi connectivity index (χ1v) is 9.04. The monoisotopic (exact) mass is 400 g/mol. The molecule has 2 rings (SSSR count). The van der Waals surface area contributed by atoms with Crippen LogP contribution in [0.3, 0.4) is 0 Å². The molecule has 0 radical (unpaired) electrons. The number of benzene rings is 1. The van der Waals surface area contributed by atoms with E-state index in [4.69, 9.17) is 21.6 Å². The van der Waals surface area contributed by atoms with Crippen LogP contribution in [0.4, 0.5) is 0 Å². The van der Waals surface area contributed by atoms with Gasteiger partial charge in [-0.05, 0) is 32.1 Å². The van der Waals surface area contributed by atoms with Crippen molar-refractivity contribution in [2.75, 3.05) is 13.6 Å². The molecular weight excluding hydrogens is 380 g/mol. The van der Waals surface area contributed by atoms with E-state index in [1.165, 1.54) is 24.0 Å². The summed E-state index contributed by atoms with van der Waals surface area (Å²) in [6, 6.07) is 11.4. The first kappa shape index (κ1) is 21.2. The maximum atomic E-state index is 12.1. The summed E-state index contributed by atoms with van der Waals surface area (Å²) in [4.78, 5) is 25.5. The predicted octanol–water partition coefficient (Wildman–Crippen LogP) is 3.15. The average Bonchev–Trinajstić information content (AvgIpc) is 2.98. The highest BCUT2D eigenvalue weighted by Crippen LogP contribution is 2.24. The molecule has 1 atom stereocenters. The van der Waals surface area contributed by atoms with Gasteiger partial charge in [0.05, 0.1) is 23.9 Å². The molecule has 7 nitrogen and oxygen atoms in total. The van der Waals surface area contributed by atoms with E-state index in [9.17, 15) is 9.59 Å². The number of nitrogens with zero attached hydrogens (tertiary/aromatic N) is 4. The van der Waals surface area contributed by atoms with E-state index in [1.807, 2.05) is 36.4 Å². The van der Waals surface area contributed by atoms with E-state index in [0.717, 1.165) is 5.69 Å². The summed E-state index contributed by atoms with van der Waals surface area (Å²) in [5.41, 5.74) is 2.04. The van der Waals surface area contributed by atoms with Crippen LogP contribution >= 0.6 is 11.6 Å². The Morgan fingerprint density at radius 2 is 2.07 bits per heavy atom. The van der Waals surface area contributed by atoms with Crippen LogP contribution < -0.4 is 0 Å². The lowest BCUT2D eigenvalue weighted by atomic mass is 10.2. The van der Waals surface area contributed by atoms with Crippen LogP contribution in [0.25, 0.3) is 11.8 Å². The highest BCUT2D eigenvalue weighted by Gasteiger charge is 2.20. The second-order valence-electron chi connectivity index (χ2n) is 6.12. The van der Waals surface area contributed by atoms with Crippen molar-refractivity contribution in [3.63, 3.8) is 0 Å². The Morgan fingerprint density at radius 1 is 1.39 bits per heavy atom. The number of esters is 1. The Kier molecular flexibility index (Phi) is 7.36. The third-order valence-corrected chi connectivity index (χ3v) is 4.37. The molecule has 0 spiro atoms. The Balaban J connectivity index is 2.06. The number of halogens is 1. The first-order chi connectivity index (χ1) is 13.3. The minimum atomic E-state index is -0.954. The maximum Gasteiger partial charge on any atom is 0.331 e. The fourth-order valence-corrected chi connectivity index (χ4v) is 2.83. The molecule has 0 aliphatic heterocycles. The number of likely N-dealkylation sites (N-methyl/N-ethyl adjacent to an activating group) is 1. The Hall–Kier alpha value is -3.11. The molecule has 0 fully saturated rings. The van der Waals surface area contributed by atoms with Crippen LogP contribution in [0.2, 0.25) is 5.15 Å². The zero-order chi connectivity index (χ0) is 20.7. The van der Waals surface area contributed by atoms with Crippen molar-refractivity contribution in [1.82, 2.24) is 14.7 Å². The summed E-state index contributed by atoms with van der Waals surface area (Å²) in [7, 11) is 1.56. The highest BCUT2D eigenvalue weighted by atomic mass is 35.5. The topological polar surface area (TPSA) is 88.2 Å². The van der Waals surface area contributed by atoms with Gasteiger partial charge in [-0.25, -0.2) is 9.48 Å². The molecule has 0 aliphatic carbocycles. The van der Waals surface area contributed by atoms with Crippen molar-refractivity contribution in [3.8, 4) is 11.8 Å². The third kappa shape index (κ3) is 5.21. The van der Waals surface area contributed by atoms with Crippen LogP contribution in [-0.2, 0) is 14.3 Å². The van der Waals surface area contributed by atoms with Crippen LogP contribution in [0.5, 0.6) is 0 Å². The van der Waals surface area contributed by atoms with Gasteiger partial charge in [-0.2, -0.15) is 10.4 Å². The van der Waals surface area contributed by atoms with Crippen molar-refractivity contribution in [2.24, 2.45) is 0 Å². The quantitative estimate of drug-likeness (QED) is 0.526. The molecule has 0 N–H and O–H groups in total. The fourth-order valence-electron chi connectivity index (χ4n) is 2.49. The molecule has 0 saturated heterocycles. The van der Waals surface area contributed by atoms with Crippen LogP contribution in [0.1, 0.15) is 24.6 Å². The number of carbonyl (C=O) groups is 2. The van der Waals surface area contributed by atoms with Crippen molar-refractivity contribution in [1.29, 1.82) is 5.26 Å². The molecule has 0 bridgehead atoms. The summed E-state index contributed by atoms with van der Waals surface area (Å²) in [5.74, 6) is -1.04. The molecule has 2 aromatic rings. The van der Waals surface area contributed by atoms with Crippen molar-refractivity contribution < 1.29 is 14.3 Å². The van der Waals surface area contributed by atoms with Gasteiger partial charge >= 0.3 is 5.97 Å². The fraction of sp³-hybridized carbons (Fsp3) is 0.300. The van der Waals surface area contributed by atoms with Gasteiger partial charge in [0.1, 0.15) is 5.15 Å². The Bertz CT molecular complexity index is 916. The van der Waals surface area contributed by atoms with Crippen molar-refractivity contribution >= 4 is 29.6 Å². The normalized spacial score (nSPS) is 11.8. The molecule has 0 unspecified atom stereocenters. The first-order valence-electron chi connectivity index (χ1n) is 8.66. The second kappa shape index (κ2) is 9.72. The smallest absolute Gasteiger partial charge is 0.331 e. The van der Waals surface area contributed by atoms with Gasteiger partial charge < -0.3 is 9.64 Å². The van der Waals surface area contributed by atoms with E-state index in [1.54, 1.807) is 18.7 Å². The zero-order valence-electron chi connectivity index (χ0n) is 15.9. The number of amides is 1. The van der Waals surface area contributed by atoms with E-state index in [2.05, 4.69) is 5.10 Å². The molecule has 146 valence electrons. The van der Waals surface area contributed by atoms with Gasteiger partial charge in [-0.15, -0.1) is 0 Å². The van der Waals surface area contributed by atoms with E-state index >= 15 is 0 Å². The molecular formula is C20H21ClN4O3. The molecule has 1 aromatic carbocycles. The molecule has 8 heteroatoms. The minimum absolute atomic E-state index is 0.214. The number of rotatable bonds is 7. The summed E-state index contributed by atoms with van der Waals surface area (Å²) in [6.07, 6.45) is 1.99. The van der Waals surface area contributed by atoms with Gasteiger partial charge in [0.2, 0.25) is 0 Å². The van der Waals surface area contributed by atoms with Gasteiger partial charge in [-0.1, -0.05) is 29.8 Å². The lowest BCUT2D eigenvalue weighted by Gasteiger charge is -2.19. The van der Waals surface area contributed by atoms with Crippen molar-refractivity contribution in [3.05, 3.63) is 52.8 Å². The number of nitriles is 1. The van der Waals surface area contributed by atoms with Gasteiger partial charge in [-0.3, -0.25) is 4.79 Å². The van der Waals surface area contributed by atoms with Crippen molar-refractivity contribution in [2.45, 2.75) is 26.4 Å². The van der Waals surface area contributed by atoms with E-state index in [0.29, 0.717) is 16.4 Å². The molecule has 1 heterocycles. The number of hydrogen-bond donors (Lipinski definition) is 0. The average molecular weight is 401 g/mol. The highest BCUT2D eigenvalue weighted by molar-refractivity contribution is 6.31. The van der Waals surface area contributed by atoms with Gasteiger partial charge in [0, 0.05) is 25.2 Å². The molecule has 1 aromatic heterocycles. The Morgan fingerprint density at radius 3 is 2.71 bits per heavy atom. The van der Waals surface area contributed by atoms with E-state index in [-0.39, 0.29) is 18.9 Å².